The summed E-state index contributed by atoms with van der Waals surface area (Å²) in [5.41, 5.74) is 1.47. The van der Waals surface area contributed by atoms with Crippen molar-refractivity contribution in [2.75, 3.05) is 0 Å². The molecule has 2 heteroatoms. The molecular formula is C9H12KN. The van der Waals surface area contributed by atoms with E-state index in [4.69, 9.17) is 0 Å². The third kappa shape index (κ3) is 3.81. The number of pyridine rings is 1. The van der Waals surface area contributed by atoms with E-state index in [1.54, 1.807) is 0 Å². The van der Waals surface area contributed by atoms with E-state index in [1.165, 1.54) is 5.56 Å². The molecule has 0 amide bonds. The van der Waals surface area contributed by atoms with E-state index in [9.17, 15) is 0 Å². The number of rotatable bonds is 0. The Balaban J connectivity index is 0.000001000. The molecule has 1 nitrogen and oxygen atoms in total. The van der Waals surface area contributed by atoms with E-state index in [0.29, 0.717) is 0 Å². The third-order valence-corrected chi connectivity index (χ3v) is 1.48. The third-order valence-electron chi connectivity index (χ3n) is 1.48. The van der Waals surface area contributed by atoms with Crippen molar-refractivity contribution in [1.82, 2.24) is 4.98 Å². The van der Waals surface area contributed by atoms with Crippen LogP contribution in [0, 0.1) is 6.20 Å². The molecule has 0 aliphatic heterocycles. The molecule has 1 heterocycles. The summed E-state index contributed by atoms with van der Waals surface area (Å²) in [4.78, 5) is 3.93. The first-order valence-corrected chi connectivity index (χ1v) is 3.43. The van der Waals surface area contributed by atoms with Gasteiger partial charge < -0.3 is 4.98 Å². The number of nitrogens with zero attached hydrogens (tertiary/aromatic N) is 1. The Morgan fingerprint density at radius 2 is 2.00 bits per heavy atom. The Morgan fingerprint density at radius 1 is 1.36 bits per heavy atom. The Labute approximate surface area is 111 Å². The van der Waals surface area contributed by atoms with Gasteiger partial charge in [-0.1, -0.05) is 33.2 Å². The topological polar surface area (TPSA) is 12.9 Å². The van der Waals surface area contributed by atoms with Gasteiger partial charge in [-0.25, -0.2) is 0 Å². The minimum absolute atomic E-state index is 0. The van der Waals surface area contributed by atoms with E-state index >= 15 is 0 Å². The molecule has 54 valence electrons. The second-order valence-electron chi connectivity index (χ2n) is 3.43. The van der Waals surface area contributed by atoms with Crippen molar-refractivity contribution < 1.29 is 51.4 Å². The molecule has 0 fully saturated rings. The number of hydrogen-bond donors (Lipinski definition) is 0. The summed E-state index contributed by atoms with van der Waals surface area (Å²) < 4.78 is 0. The molecule has 0 aliphatic carbocycles. The maximum absolute atomic E-state index is 3.93. The molecule has 0 spiro atoms. The zero-order chi connectivity index (χ0) is 7.61. The molecule has 1 rings (SSSR count). The summed E-state index contributed by atoms with van der Waals surface area (Å²) in [7, 11) is 0. The van der Waals surface area contributed by atoms with Crippen LogP contribution in [-0.4, -0.2) is 4.98 Å². The molecule has 0 N–H and O–H groups in total. The van der Waals surface area contributed by atoms with Gasteiger partial charge in [-0.15, -0.1) is 5.56 Å². The molecule has 11 heavy (non-hydrogen) atoms. The fraction of sp³-hybridized carbons (Fsp3) is 0.444. The largest absolute Gasteiger partial charge is 1.00 e. The summed E-state index contributed by atoms with van der Waals surface area (Å²) in [6.45, 7) is 6.51. The second-order valence-corrected chi connectivity index (χ2v) is 3.43. The van der Waals surface area contributed by atoms with E-state index < -0.39 is 0 Å². The summed E-state index contributed by atoms with van der Waals surface area (Å²) in [6.07, 6.45) is 4.62. The molecule has 0 saturated carbocycles. The average Bonchev–Trinajstić information content (AvgIpc) is 1.88. The van der Waals surface area contributed by atoms with Crippen LogP contribution in [0.15, 0.2) is 18.3 Å². The Bertz CT molecular complexity index is 201. The first-order chi connectivity index (χ1) is 4.61. The predicted molar refractivity (Wildman–Crippen MR) is 41.8 cm³/mol. The van der Waals surface area contributed by atoms with Gasteiger partial charge in [0.15, 0.2) is 0 Å². The zero-order valence-corrected chi connectivity index (χ0v) is 10.8. The first-order valence-electron chi connectivity index (χ1n) is 3.43. The molecule has 1 aromatic rings. The summed E-state index contributed by atoms with van der Waals surface area (Å²) in [5, 5.41) is 0. The van der Waals surface area contributed by atoms with Crippen LogP contribution in [0.5, 0.6) is 0 Å². The van der Waals surface area contributed by atoms with Gasteiger partial charge in [-0.3, -0.25) is 0 Å². The smallest absolute Gasteiger partial charge is 0.394 e. The normalized spacial score (nSPS) is 10.5. The maximum atomic E-state index is 3.93. The van der Waals surface area contributed by atoms with Crippen LogP contribution in [0.4, 0.5) is 0 Å². The van der Waals surface area contributed by atoms with Gasteiger partial charge in [0.1, 0.15) is 0 Å². The second kappa shape index (κ2) is 4.72. The summed E-state index contributed by atoms with van der Waals surface area (Å²) in [6, 6.07) is 3.90. The van der Waals surface area contributed by atoms with Crippen LogP contribution in [0.3, 0.4) is 0 Å². The van der Waals surface area contributed by atoms with E-state index in [2.05, 4.69) is 32.0 Å². The van der Waals surface area contributed by atoms with Gasteiger partial charge in [-0.2, -0.15) is 12.1 Å². The molecule has 0 unspecified atom stereocenters. The average molecular weight is 173 g/mol. The van der Waals surface area contributed by atoms with Crippen molar-refractivity contribution in [3.8, 4) is 0 Å². The van der Waals surface area contributed by atoms with Crippen molar-refractivity contribution in [3.63, 3.8) is 0 Å². The molecule has 0 bridgehead atoms. The number of aromatic nitrogens is 1. The molecule has 0 radical (unpaired) electrons. The SMILES string of the molecule is CC(C)(C)c1cc[c-]nc1.[K+]. The molecule has 0 aromatic carbocycles. The van der Waals surface area contributed by atoms with Gasteiger partial charge in [0.2, 0.25) is 0 Å². The summed E-state index contributed by atoms with van der Waals surface area (Å²) in [5.74, 6) is 0. The van der Waals surface area contributed by atoms with Gasteiger partial charge >= 0.3 is 51.4 Å². The molecule has 1 aromatic heterocycles. The maximum Gasteiger partial charge on any atom is 1.00 e. The van der Waals surface area contributed by atoms with Crippen molar-refractivity contribution in [3.05, 3.63) is 30.1 Å². The van der Waals surface area contributed by atoms with E-state index in [0.717, 1.165) is 0 Å². The molecule has 0 saturated heterocycles. The van der Waals surface area contributed by atoms with Crippen LogP contribution in [0.25, 0.3) is 0 Å². The van der Waals surface area contributed by atoms with Gasteiger partial charge in [0, 0.05) is 0 Å². The molecule has 0 aliphatic rings. The Hall–Kier alpha value is 0.786. The van der Waals surface area contributed by atoms with Crippen molar-refractivity contribution in [1.29, 1.82) is 0 Å². The van der Waals surface area contributed by atoms with E-state index in [1.807, 2.05) is 18.3 Å². The predicted octanol–water partition coefficient (Wildman–Crippen LogP) is -0.817. The van der Waals surface area contributed by atoms with Gasteiger partial charge in [0.25, 0.3) is 0 Å². The van der Waals surface area contributed by atoms with Crippen molar-refractivity contribution >= 4 is 0 Å². The van der Waals surface area contributed by atoms with E-state index in [-0.39, 0.29) is 56.8 Å². The summed E-state index contributed by atoms with van der Waals surface area (Å²) >= 11 is 0. The van der Waals surface area contributed by atoms with Crippen LogP contribution in [0.1, 0.15) is 26.3 Å². The first kappa shape index (κ1) is 11.8. The molecular weight excluding hydrogens is 161 g/mol. The minimum atomic E-state index is 0. The Morgan fingerprint density at radius 3 is 2.27 bits per heavy atom. The van der Waals surface area contributed by atoms with Crippen LogP contribution < -0.4 is 51.4 Å². The van der Waals surface area contributed by atoms with Crippen molar-refractivity contribution in [2.24, 2.45) is 0 Å². The monoisotopic (exact) mass is 173 g/mol. The fourth-order valence-electron chi connectivity index (χ4n) is 0.764. The van der Waals surface area contributed by atoms with Crippen LogP contribution >= 0.6 is 0 Å². The van der Waals surface area contributed by atoms with Crippen LogP contribution in [-0.2, 0) is 5.41 Å². The Kier molecular flexibility index (Phi) is 5.06. The minimum Gasteiger partial charge on any atom is -0.394 e. The molecule has 0 atom stereocenters. The van der Waals surface area contributed by atoms with Gasteiger partial charge in [-0.05, 0) is 5.41 Å². The van der Waals surface area contributed by atoms with Crippen molar-refractivity contribution in [2.45, 2.75) is 26.2 Å². The quantitative estimate of drug-likeness (QED) is 0.369. The standard InChI is InChI=1S/C9H12N.K/c1-9(2,3)8-5-4-6-10-7-8;/h4-5,7H,1-3H3;/q-1;+1. The van der Waals surface area contributed by atoms with Gasteiger partial charge in [0.05, 0.1) is 0 Å². The fourth-order valence-corrected chi connectivity index (χ4v) is 0.764. The number of hydrogen-bond acceptors (Lipinski definition) is 1. The zero-order valence-electron chi connectivity index (χ0n) is 7.68. The van der Waals surface area contributed by atoms with Crippen LogP contribution in [0.2, 0.25) is 0 Å².